The maximum Gasteiger partial charge on any atom is 0.254 e. The van der Waals surface area contributed by atoms with Gasteiger partial charge in [0, 0.05) is 24.0 Å². The number of halogens is 1. The van der Waals surface area contributed by atoms with Crippen LogP contribution in [0.2, 0.25) is 0 Å². The van der Waals surface area contributed by atoms with E-state index in [2.05, 4.69) is 20.2 Å². The molecule has 0 atom stereocenters. The molecule has 4 aromatic rings. The van der Waals surface area contributed by atoms with Gasteiger partial charge in [0.05, 0.1) is 29.8 Å². The molecule has 2 N–H and O–H groups in total. The largest absolute Gasteiger partial charge is 0.378 e. The van der Waals surface area contributed by atoms with Crippen LogP contribution < -0.4 is 0 Å². The van der Waals surface area contributed by atoms with E-state index < -0.39 is 0 Å². The number of rotatable bonds is 2. The van der Waals surface area contributed by atoms with Crippen molar-refractivity contribution in [1.82, 2.24) is 25.1 Å². The molecule has 0 saturated carbocycles. The number of nitrogens with zero attached hydrogens (tertiary/aromatic N) is 3. The average molecular weight is 365 g/mol. The first-order chi connectivity index (χ1) is 13.2. The Morgan fingerprint density at radius 1 is 1.11 bits per heavy atom. The Balaban J connectivity index is 1.52. The van der Waals surface area contributed by atoms with E-state index in [1.165, 1.54) is 12.1 Å². The highest BCUT2D eigenvalue weighted by molar-refractivity contribution is 5.98. The van der Waals surface area contributed by atoms with Crippen molar-refractivity contribution in [1.29, 1.82) is 0 Å². The lowest BCUT2D eigenvalue weighted by molar-refractivity contribution is 0.0303. The zero-order valence-electron chi connectivity index (χ0n) is 14.3. The topological polar surface area (TPSA) is 86.9 Å². The Morgan fingerprint density at radius 3 is 2.81 bits per heavy atom. The molecule has 0 aliphatic carbocycles. The second-order valence-corrected chi connectivity index (χ2v) is 6.48. The number of nitrogens with one attached hydrogen (secondary N) is 2. The molecule has 5 rings (SSSR count). The third-order valence-corrected chi connectivity index (χ3v) is 4.78. The van der Waals surface area contributed by atoms with Crippen LogP contribution in [0.1, 0.15) is 10.4 Å². The Hall–Kier alpha value is -3.26. The van der Waals surface area contributed by atoms with E-state index in [9.17, 15) is 9.18 Å². The van der Waals surface area contributed by atoms with Crippen LogP contribution in [-0.2, 0) is 4.74 Å². The third-order valence-electron chi connectivity index (χ3n) is 4.78. The number of carbonyl (C=O) groups is 1. The minimum atomic E-state index is -0.325. The van der Waals surface area contributed by atoms with Gasteiger partial charge in [-0.05, 0) is 36.4 Å². The van der Waals surface area contributed by atoms with Gasteiger partial charge < -0.3 is 14.6 Å². The zero-order chi connectivity index (χ0) is 18.4. The number of hydrogen-bond acceptors (Lipinski definition) is 4. The smallest absolute Gasteiger partial charge is 0.254 e. The molecule has 0 spiro atoms. The molecule has 1 aliphatic heterocycles. The fraction of sp³-hybridized carbons (Fsp3) is 0.211. The van der Waals surface area contributed by atoms with Crippen LogP contribution in [-0.4, -0.2) is 57.3 Å². The molecule has 1 aliphatic rings. The normalized spacial score (nSPS) is 14.9. The Kier molecular flexibility index (Phi) is 3.64. The second-order valence-electron chi connectivity index (χ2n) is 6.48. The summed E-state index contributed by atoms with van der Waals surface area (Å²) in [6.07, 6.45) is 0. The molecule has 136 valence electrons. The maximum atomic E-state index is 13.4. The van der Waals surface area contributed by atoms with Crippen LogP contribution in [0.25, 0.3) is 33.5 Å². The Labute approximate surface area is 153 Å². The molecular formula is C19H16FN5O2. The summed E-state index contributed by atoms with van der Waals surface area (Å²) >= 11 is 0. The number of imidazole rings is 1. The fourth-order valence-electron chi connectivity index (χ4n) is 3.38. The van der Waals surface area contributed by atoms with Crippen LogP contribution in [0.5, 0.6) is 0 Å². The standard InChI is InChI=1S/C19H16FN5O2/c20-12-2-3-13-15(10-12)23-24-17(13)18-21-14-4-1-11(9-16(14)22-18)19(26)25-5-7-27-8-6-25/h1-4,9-10H,5-8H2,(H,21,22)(H,23,24). The number of morpholine rings is 1. The molecule has 1 fully saturated rings. The Morgan fingerprint density at radius 2 is 1.96 bits per heavy atom. The Bertz CT molecular complexity index is 1160. The third kappa shape index (κ3) is 2.74. The van der Waals surface area contributed by atoms with Crippen molar-refractivity contribution in [3.05, 3.63) is 47.8 Å². The highest BCUT2D eigenvalue weighted by Crippen LogP contribution is 2.27. The van der Waals surface area contributed by atoms with Gasteiger partial charge in [-0.15, -0.1) is 0 Å². The number of ether oxygens (including phenoxy) is 1. The predicted molar refractivity (Wildman–Crippen MR) is 97.9 cm³/mol. The zero-order valence-corrected chi connectivity index (χ0v) is 14.3. The summed E-state index contributed by atoms with van der Waals surface area (Å²) < 4.78 is 18.7. The van der Waals surface area contributed by atoms with E-state index in [1.54, 1.807) is 23.1 Å². The van der Waals surface area contributed by atoms with Gasteiger partial charge in [-0.1, -0.05) is 0 Å². The lowest BCUT2D eigenvalue weighted by atomic mass is 10.1. The van der Waals surface area contributed by atoms with Crippen molar-refractivity contribution in [3.8, 4) is 11.5 Å². The van der Waals surface area contributed by atoms with E-state index >= 15 is 0 Å². The molecule has 2 aromatic heterocycles. The summed E-state index contributed by atoms with van der Waals surface area (Å²) in [4.78, 5) is 22.2. The first-order valence-electron chi connectivity index (χ1n) is 8.70. The van der Waals surface area contributed by atoms with Gasteiger partial charge in [-0.2, -0.15) is 5.10 Å². The minimum absolute atomic E-state index is 0.0166. The van der Waals surface area contributed by atoms with E-state index in [4.69, 9.17) is 4.74 Å². The number of aromatic nitrogens is 4. The molecule has 0 radical (unpaired) electrons. The van der Waals surface area contributed by atoms with Gasteiger partial charge in [-0.25, -0.2) is 9.37 Å². The molecule has 0 bridgehead atoms. The van der Waals surface area contributed by atoms with Gasteiger partial charge in [0.1, 0.15) is 11.5 Å². The van der Waals surface area contributed by atoms with Crippen molar-refractivity contribution in [2.45, 2.75) is 0 Å². The average Bonchev–Trinajstić information content (AvgIpc) is 3.30. The highest BCUT2D eigenvalue weighted by atomic mass is 19.1. The number of fused-ring (bicyclic) bond motifs is 2. The van der Waals surface area contributed by atoms with Gasteiger partial charge in [0.2, 0.25) is 0 Å². The van der Waals surface area contributed by atoms with E-state index in [1.807, 2.05) is 6.07 Å². The number of carbonyl (C=O) groups excluding carboxylic acids is 1. The molecule has 8 heteroatoms. The predicted octanol–water partition coefficient (Wildman–Crippen LogP) is 2.72. The summed E-state index contributed by atoms with van der Waals surface area (Å²) in [5.74, 6) is 0.226. The first-order valence-corrected chi connectivity index (χ1v) is 8.70. The van der Waals surface area contributed by atoms with Gasteiger partial charge in [0.25, 0.3) is 5.91 Å². The SMILES string of the molecule is O=C(c1ccc2nc(-c3n[nH]c4cc(F)ccc34)[nH]c2c1)N1CCOCC1. The van der Waals surface area contributed by atoms with Gasteiger partial charge >= 0.3 is 0 Å². The van der Waals surface area contributed by atoms with Crippen LogP contribution >= 0.6 is 0 Å². The van der Waals surface area contributed by atoms with Crippen molar-refractivity contribution < 1.29 is 13.9 Å². The maximum absolute atomic E-state index is 13.4. The lowest BCUT2D eigenvalue weighted by Gasteiger charge is -2.26. The number of amides is 1. The molecule has 27 heavy (non-hydrogen) atoms. The monoisotopic (exact) mass is 365 g/mol. The van der Waals surface area contributed by atoms with Crippen LogP contribution in [0, 0.1) is 5.82 Å². The number of H-pyrrole nitrogens is 2. The molecule has 1 amide bonds. The van der Waals surface area contributed by atoms with E-state index in [0.717, 1.165) is 16.4 Å². The first kappa shape index (κ1) is 16.0. The number of hydrogen-bond donors (Lipinski definition) is 2. The van der Waals surface area contributed by atoms with Crippen molar-refractivity contribution >= 4 is 27.8 Å². The molecular weight excluding hydrogens is 349 g/mol. The fourth-order valence-corrected chi connectivity index (χ4v) is 3.38. The highest BCUT2D eigenvalue weighted by Gasteiger charge is 2.20. The summed E-state index contributed by atoms with van der Waals surface area (Å²) in [6, 6.07) is 9.86. The lowest BCUT2D eigenvalue weighted by Crippen LogP contribution is -2.40. The molecule has 7 nitrogen and oxygen atoms in total. The number of benzene rings is 2. The van der Waals surface area contributed by atoms with Crippen molar-refractivity contribution in [2.24, 2.45) is 0 Å². The van der Waals surface area contributed by atoms with Gasteiger partial charge in [0.15, 0.2) is 5.82 Å². The summed E-state index contributed by atoms with van der Waals surface area (Å²) in [7, 11) is 0. The summed E-state index contributed by atoms with van der Waals surface area (Å²) in [5, 5.41) is 7.86. The van der Waals surface area contributed by atoms with Gasteiger partial charge in [-0.3, -0.25) is 9.89 Å². The minimum Gasteiger partial charge on any atom is -0.378 e. The van der Waals surface area contributed by atoms with Crippen LogP contribution in [0.4, 0.5) is 4.39 Å². The van der Waals surface area contributed by atoms with E-state index in [0.29, 0.717) is 48.9 Å². The second kappa shape index (κ2) is 6.17. The van der Waals surface area contributed by atoms with Crippen LogP contribution in [0.15, 0.2) is 36.4 Å². The summed E-state index contributed by atoms with van der Waals surface area (Å²) in [6.45, 7) is 2.33. The van der Waals surface area contributed by atoms with Crippen LogP contribution in [0.3, 0.4) is 0 Å². The summed E-state index contributed by atoms with van der Waals surface area (Å²) in [5.41, 5.74) is 3.31. The van der Waals surface area contributed by atoms with Crippen molar-refractivity contribution in [2.75, 3.05) is 26.3 Å². The molecule has 3 heterocycles. The molecule has 1 saturated heterocycles. The van der Waals surface area contributed by atoms with Crippen molar-refractivity contribution in [3.63, 3.8) is 0 Å². The number of aromatic amines is 2. The quantitative estimate of drug-likeness (QED) is 0.572. The molecule has 0 unspecified atom stereocenters. The molecule has 2 aromatic carbocycles. The van der Waals surface area contributed by atoms with E-state index in [-0.39, 0.29) is 11.7 Å².